The zero-order valence-corrected chi connectivity index (χ0v) is 9.42. The summed E-state index contributed by atoms with van der Waals surface area (Å²) in [5, 5.41) is 10.9. The number of anilines is 1. The average Bonchev–Trinajstić information content (AvgIpc) is 2.32. The van der Waals surface area contributed by atoms with Gasteiger partial charge in [0.15, 0.2) is 5.69 Å². The van der Waals surface area contributed by atoms with Crippen molar-refractivity contribution in [2.75, 3.05) is 5.73 Å². The number of hydrogen-bond donors (Lipinski definition) is 1. The van der Waals surface area contributed by atoms with Gasteiger partial charge in [0.05, 0.1) is 4.92 Å². The molecule has 0 unspecified atom stereocenters. The van der Waals surface area contributed by atoms with Crippen molar-refractivity contribution in [3.05, 3.63) is 46.0 Å². The summed E-state index contributed by atoms with van der Waals surface area (Å²) in [6.07, 6.45) is 1.14. The first kappa shape index (κ1) is 11.9. The molecule has 1 aromatic carbocycles. The molecule has 2 aromatic rings. The third kappa shape index (κ3) is 1.97. The van der Waals surface area contributed by atoms with E-state index in [1.165, 1.54) is 18.2 Å². The Morgan fingerprint density at radius 3 is 2.72 bits per heavy atom. The summed E-state index contributed by atoms with van der Waals surface area (Å²) >= 11 is 0. The van der Waals surface area contributed by atoms with E-state index in [1.807, 2.05) is 0 Å². The fraction of sp³-hybridized carbons (Fsp3) is 0.0909. The van der Waals surface area contributed by atoms with Crippen molar-refractivity contribution in [1.82, 2.24) is 9.97 Å². The molecule has 0 saturated carbocycles. The van der Waals surface area contributed by atoms with Gasteiger partial charge in [-0.3, -0.25) is 10.1 Å². The maximum absolute atomic E-state index is 13.2. The normalized spacial score (nSPS) is 10.3. The topological polar surface area (TPSA) is 94.9 Å². The molecule has 0 spiro atoms. The molecule has 0 bridgehead atoms. The van der Waals surface area contributed by atoms with Crippen LogP contribution in [0, 0.1) is 22.9 Å². The molecule has 6 nitrogen and oxygen atoms in total. The highest BCUT2D eigenvalue weighted by Gasteiger charge is 2.22. The van der Waals surface area contributed by atoms with Gasteiger partial charge < -0.3 is 5.73 Å². The smallest absolute Gasteiger partial charge is 0.337 e. The fourth-order valence-corrected chi connectivity index (χ4v) is 1.58. The third-order valence-corrected chi connectivity index (χ3v) is 2.46. The van der Waals surface area contributed by atoms with Gasteiger partial charge in [0.2, 0.25) is 5.82 Å². The molecule has 0 amide bonds. The molecule has 7 heteroatoms. The summed E-state index contributed by atoms with van der Waals surface area (Å²) in [7, 11) is 0. The molecule has 0 radical (unpaired) electrons. The Morgan fingerprint density at radius 1 is 1.39 bits per heavy atom. The zero-order valence-electron chi connectivity index (χ0n) is 9.42. The molecular formula is C11H9FN4O2. The van der Waals surface area contributed by atoms with Crippen LogP contribution in [0.1, 0.15) is 5.56 Å². The van der Waals surface area contributed by atoms with Crippen molar-refractivity contribution in [1.29, 1.82) is 0 Å². The molecular weight excluding hydrogens is 239 g/mol. The van der Waals surface area contributed by atoms with Gasteiger partial charge in [-0.2, -0.15) is 0 Å². The van der Waals surface area contributed by atoms with E-state index in [1.54, 1.807) is 6.92 Å². The summed E-state index contributed by atoms with van der Waals surface area (Å²) in [5.74, 6) is -0.601. The van der Waals surface area contributed by atoms with Crippen LogP contribution < -0.4 is 5.73 Å². The Kier molecular flexibility index (Phi) is 2.88. The second-order valence-electron chi connectivity index (χ2n) is 3.68. The fourth-order valence-electron chi connectivity index (χ4n) is 1.58. The van der Waals surface area contributed by atoms with Gasteiger partial charge in [0.1, 0.15) is 12.1 Å². The number of nitrogen functional groups attached to an aromatic ring is 1. The van der Waals surface area contributed by atoms with Crippen molar-refractivity contribution in [3.63, 3.8) is 0 Å². The minimum Gasteiger partial charge on any atom is -0.378 e. The Balaban J connectivity index is 2.67. The largest absolute Gasteiger partial charge is 0.378 e. The standard InChI is InChI=1S/C11H9FN4O2/c1-6-4-7(2-3-8(6)12)9-10(16(17)18)11(13)15-5-14-9/h2-5H,1H3,(H2,13,14,15). The summed E-state index contributed by atoms with van der Waals surface area (Å²) in [4.78, 5) is 17.7. The lowest BCUT2D eigenvalue weighted by atomic mass is 10.1. The lowest BCUT2D eigenvalue weighted by Gasteiger charge is -2.05. The monoisotopic (exact) mass is 248 g/mol. The van der Waals surface area contributed by atoms with Gasteiger partial charge >= 0.3 is 5.69 Å². The van der Waals surface area contributed by atoms with Crippen LogP contribution in [0.2, 0.25) is 0 Å². The molecule has 0 fully saturated rings. The van der Waals surface area contributed by atoms with E-state index >= 15 is 0 Å². The van der Waals surface area contributed by atoms with Crippen molar-refractivity contribution in [2.24, 2.45) is 0 Å². The highest BCUT2D eigenvalue weighted by molar-refractivity contribution is 5.75. The van der Waals surface area contributed by atoms with E-state index in [0.29, 0.717) is 11.1 Å². The molecule has 2 N–H and O–H groups in total. The van der Waals surface area contributed by atoms with Gasteiger partial charge in [-0.25, -0.2) is 14.4 Å². The van der Waals surface area contributed by atoms with E-state index in [0.717, 1.165) is 6.33 Å². The lowest BCUT2D eigenvalue weighted by Crippen LogP contribution is -2.02. The minimum atomic E-state index is -0.649. The van der Waals surface area contributed by atoms with E-state index in [9.17, 15) is 14.5 Å². The third-order valence-electron chi connectivity index (χ3n) is 2.46. The van der Waals surface area contributed by atoms with Gasteiger partial charge in [0, 0.05) is 5.56 Å². The molecule has 0 atom stereocenters. The summed E-state index contributed by atoms with van der Waals surface area (Å²) in [5.41, 5.74) is 5.97. The highest BCUT2D eigenvalue weighted by atomic mass is 19.1. The number of benzene rings is 1. The van der Waals surface area contributed by atoms with Crippen molar-refractivity contribution in [3.8, 4) is 11.3 Å². The van der Waals surface area contributed by atoms with Crippen molar-refractivity contribution >= 4 is 11.5 Å². The number of halogens is 1. The Labute approximate surface area is 101 Å². The van der Waals surface area contributed by atoms with Crippen LogP contribution in [0.5, 0.6) is 0 Å². The quantitative estimate of drug-likeness (QED) is 0.648. The number of aromatic nitrogens is 2. The van der Waals surface area contributed by atoms with E-state index < -0.39 is 4.92 Å². The second kappa shape index (κ2) is 4.36. The molecule has 0 aliphatic carbocycles. The van der Waals surface area contributed by atoms with Gasteiger partial charge in [-0.15, -0.1) is 0 Å². The highest BCUT2D eigenvalue weighted by Crippen LogP contribution is 2.31. The Hall–Kier alpha value is -2.57. The first-order valence-corrected chi connectivity index (χ1v) is 5.02. The Morgan fingerprint density at radius 2 is 2.11 bits per heavy atom. The summed E-state index contributed by atoms with van der Waals surface area (Å²) in [6, 6.07) is 4.12. The van der Waals surface area contributed by atoms with Crippen molar-refractivity contribution in [2.45, 2.75) is 6.92 Å². The maximum atomic E-state index is 13.2. The zero-order chi connectivity index (χ0) is 13.3. The van der Waals surface area contributed by atoms with Crippen LogP contribution in [0.25, 0.3) is 11.3 Å². The number of hydrogen-bond acceptors (Lipinski definition) is 5. The van der Waals surface area contributed by atoms with Crippen LogP contribution in [0.15, 0.2) is 24.5 Å². The van der Waals surface area contributed by atoms with Crippen LogP contribution in [-0.2, 0) is 0 Å². The van der Waals surface area contributed by atoms with Gasteiger partial charge in [0.25, 0.3) is 0 Å². The van der Waals surface area contributed by atoms with Crippen LogP contribution in [0.3, 0.4) is 0 Å². The molecule has 0 saturated heterocycles. The van der Waals surface area contributed by atoms with E-state index in [-0.39, 0.29) is 23.0 Å². The number of aryl methyl sites for hydroxylation is 1. The van der Waals surface area contributed by atoms with Crippen LogP contribution in [-0.4, -0.2) is 14.9 Å². The molecule has 1 aromatic heterocycles. The summed E-state index contributed by atoms with van der Waals surface area (Å²) in [6.45, 7) is 1.56. The molecule has 92 valence electrons. The predicted molar refractivity (Wildman–Crippen MR) is 63.2 cm³/mol. The lowest BCUT2D eigenvalue weighted by molar-refractivity contribution is -0.383. The predicted octanol–water partition coefficient (Wildman–Crippen LogP) is 2.08. The number of nitrogens with two attached hydrogens (primary N) is 1. The number of nitro groups is 1. The molecule has 2 rings (SSSR count). The molecule has 18 heavy (non-hydrogen) atoms. The molecule has 0 aliphatic heterocycles. The average molecular weight is 248 g/mol. The van der Waals surface area contributed by atoms with Gasteiger partial charge in [-0.1, -0.05) is 0 Å². The van der Waals surface area contributed by atoms with Gasteiger partial charge in [-0.05, 0) is 30.7 Å². The summed E-state index contributed by atoms with van der Waals surface area (Å²) < 4.78 is 13.2. The van der Waals surface area contributed by atoms with E-state index in [4.69, 9.17) is 5.73 Å². The molecule has 0 aliphatic rings. The number of rotatable bonds is 2. The SMILES string of the molecule is Cc1cc(-c2ncnc(N)c2[N+](=O)[O-])ccc1F. The van der Waals surface area contributed by atoms with Crippen LogP contribution >= 0.6 is 0 Å². The number of nitrogens with zero attached hydrogens (tertiary/aromatic N) is 3. The maximum Gasteiger partial charge on any atom is 0.337 e. The minimum absolute atomic E-state index is 0.0793. The van der Waals surface area contributed by atoms with Crippen LogP contribution in [0.4, 0.5) is 15.9 Å². The first-order chi connectivity index (χ1) is 8.50. The van der Waals surface area contributed by atoms with E-state index in [2.05, 4.69) is 9.97 Å². The first-order valence-electron chi connectivity index (χ1n) is 5.02. The van der Waals surface area contributed by atoms with Crippen molar-refractivity contribution < 1.29 is 9.31 Å². The second-order valence-corrected chi connectivity index (χ2v) is 3.68. The Bertz CT molecular complexity index is 630. The molecule has 1 heterocycles.